The van der Waals surface area contributed by atoms with Crippen molar-refractivity contribution >= 4 is 21.6 Å². The molecule has 1 N–H and O–H groups in total. The molecule has 2 aromatic rings. The smallest absolute Gasteiger partial charge is 0.0372 e. The van der Waals surface area contributed by atoms with Crippen LogP contribution in [0.15, 0.2) is 53.0 Å². The molecule has 2 aromatic carbocycles. The van der Waals surface area contributed by atoms with Crippen molar-refractivity contribution in [1.29, 1.82) is 0 Å². The van der Waals surface area contributed by atoms with Gasteiger partial charge in [0.1, 0.15) is 0 Å². The molecule has 112 valence electrons. The maximum atomic E-state index is 3.64. The van der Waals surface area contributed by atoms with E-state index in [1.54, 1.807) is 0 Å². The maximum absolute atomic E-state index is 3.64. The van der Waals surface area contributed by atoms with Crippen LogP contribution in [0.25, 0.3) is 0 Å². The molecule has 0 spiro atoms. The molecule has 0 aliphatic heterocycles. The van der Waals surface area contributed by atoms with Gasteiger partial charge >= 0.3 is 0 Å². The van der Waals surface area contributed by atoms with Gasteiger partial charge in [0.05, 0.1) is 0 Å². The predicted octanol–water partition coefficient (Wildman–Crippen LogP) is 5.93. The van der Waals surface area contributed by atoms with E-state index in [1.165, 1.54) is 16.8 Å². The zero-order valence-corrected chi connectivity index (χ0v) is 14.9. The topological polar surface area (TPSA) is 12.0 Å². The average molecular weight is 346 g/mol. The van der Waals surface area contributed by atoms with Gasteiger partial charge < -0.3 is 5.32 Å². The first kappa shape index (κ1) is 16.1. The van der Waals surface area contributed by atoms with Gasteiger partial charge in [0.2, 0.25) is 0 Å². The van der Waals surface area contributed by atoms with Crippen molar-refractivity contribution in [1.82, 2.24) is 0 Å². The molecule has 0 heterocycles. The Morgan fingerprint density at radius 3 is 2.38 bits per heavy atom. The summed E-state index contributed by atoms with van der Waals surface area (Å²) in [6.45, 7) is 9.03. The Morgan fingerprint density at radius 1 is 1.10 bits per heavy atom. The Hall–Kier alpha value is -1.28. The first-order chi connectivity index (χ1) is 9.88. The number of hydrogen-bond acceptors (Lipinski definition) is 1. The van der Waals surface area contributed by atoms with Crippen LogP contribution in [0, 0.1) is 6.92 Å². The third-order valence-corrected chi connectivity index (χ3v) is 4.46. The molecule has 2 heteroatoms. The number of rotatable bonds is 5. The second-order valence-electron chi connectivity index (χ2n) is 6.46. The first-order valence-corrected chi connectivity index (χ1v) is 8.26. The minimum atomic E-state index is 0.164. The maximum Gasteiger partial charge on any atom is 0.0372 e. The molecule has 0 saturated heterocycles. The lowest BCUT2D eigenvalue weighted by Gasteiger charge is -2.30. The molecule has 1 nitrogen and oxygen atoms in total. The van der Waals surface area contributed by atoms with Crippen LogP contribution < -0.4 is 5.32 Å². The van der Waals surface area contributed by atoms with Crippen molar-refractivity contribution < 1.29 is 0 Å². The van der Waals surface area contributed by atoms with Crippen molar-refractivity contribution in [3.05, 3.63) is 64.1 Å². The molecule has 0 saturated carbocycles. The SMILES string of the molecule is Cc1cc(Br)ccc1NC(C)CC(C)(C)c1ccccc1. The lowest BCUT2D eigenvalue weighted by molar-refractivity contribution is 0.450. The number of halogens is 1. The Bertz CT molecular complexity index is 590. The van der Waals surface area contributed by atoms with Gasteiger partial charge in [-0.3, -0.25) is 0 Å². The van der Waals surface area contributed by atoms with E-state index in [0.717, 1.165) is 10.9 Å². The first-order valence-electron chi connectivity index (χ1n) is 7.47. The molecular weight excluding hydrogens is 322 g/mol. The highest BCUT2D eigenvalue weighted by atomic mass is 79.9. The van der Waals surface area contributed by atoms with E-state index in [4.69, 9.17) is 0 Å². The highest BCUT2D eigenvalue weighted by molar-refractivity contribution is 9.10. The van der Waals surface area contributed by atoms with Crippen molar-refractivity contribution in [2.75, 3.05) is 5.32 Å². The van der Waals surface area contributed by atoms with Crippen LogP contribution in [0.1, 0.15) is 38.3 Å². The molecule has 21 heavy (non-hydrogen) atoms. The van der Waals surface area contributed by atoms with Crippen LogP contribution in [0.4, 0.5) is 5.69 Å². The number of hydrogen-bond donors (Lipinski definition) is 1. The Kier molecular flexibility index (Phi) is 5.10. The summed E-state index contributed by atoms with van der Waals surface area (Å²) < 4.78 is 1.13. The zero-order chi connectivity index (χ0) is 15.5. The third-order valence-electron chi connectivity index (χ3n) is 3.96. The summed E-state index contributed by atoms with van der Waals surface area (Å²) >= 11 is 3.51. The summed E-state index contributed by atoms with van der Waals surface area (Å²) in [7, 11) is 0. The van der Waals surface area contributed by atoms with Crippen molar-refractivity contribution in [3.8, 4) is 0 Å². The van der Waals surface area contributed by atoms with Crippen LogP contribution in [-0.2, 0) is 5.41 Å². The van der Waals surface area contributed by atoms with Crippen LogP contribution in [-0.4, -0.2) is 6.04 Å². The number of anilines is 1. The number of nitrogens with one attached hydrogen (secondary N) is 1. The van der Waals surface area contributed by atoms with Crippen molar-refractivity contribution in [2.45, 2.75) is 45.6 Å². The molecule has 0 aliphatic carbocycles. The molecule has 2 rings (SSSR count). The Labute approximate surface area is 136 Å². The van der Waals surface area contributed by atoms with Gasteiger partial charge in [0.15, 0.2) is 0 Å². The van der Waals surface area contributed by atoms with Gasteiger partial charge in [-0.2, -0.15) is 0 Å². The Morgan fingerprint density at radius 2 is 1.76 bits per heavy atom. The fourth-order valence-corrected chi connectivity index (χ4v) is 3.35. The fourth-order valence-electron chi connectivity index (χ4n) is 2.88. The van der Waals surface area contributed by atoms with E-state index in [0.29, 0.717) is 6.04 Å². The molecule has 0 fully saturated rings. The van der Waals surface area contributed by atoms with Gasteiger partial charge in [-0.1, -0.05) is 60.1 Å². The molecule has 1 atom stereocenters. The van der Waals surface area contributed by atoms with E-state index in [9.17, 15) is 0 Å². The van der Waals surface area contributed by atoms with Crippen LogP contribution in [0.2, 0.25) is 0 Å². The predicted molar refractivity (Wildman–Crippen MR) is 96.0 cm³/mol. The highest BCUT2D eigenvalue weighted by Gasteiger charge is 2.23. The van der Waals surface area contributed by atoms with E-state index < -0.39 is 0 Å². The van der Waals surface area contributed by atoms with Gasteiger partial charge in [-0.05, 0) is 55.0 Å². The van der Waals surface area contributed by atoms with Gasteiger partial charge in [0.25, 0.3) is 0 Å². The minimum absolute atomic E-state index is 0.164. The molecular formula is C19H24BrN. The molecule has 0 radical (unpaired) electrons. The summed E-state index contributed by atoms with van der Waals surface area (Å²) in [6, 6.07) is 17.6. The summed E-state index contributed by atoms with van der Waals surface area (Å²) in [6.07, 6.45) is 1.09. The normalized spacial score (nSPS) is 13.0. The summed E-state index contributed by atoms with van der Waals surface area (Å²) in [5.41, 5.74) is 4.05. The van der Waals surface area contributed by atoms with Crippen LogP contribution in [0.3, 0.4) is 0 Å². The number of aryl methyl sites for hydroxylation is 1. The average Bonchev–Trinajstić information content (AvgIpc) is 2.42. The van der Waals surface area contributed by atoms with Crippen LogP contribution in [0.5, 0.6) is 0 Å². The van der Waals surface area contributed by atoms with Gasteiger partial charge in [0, 0.05) is 16.2 Å². The third kappa shape index (κ3) is 4.34. The Balaban J connectivity index is 2.06. The number of benzene rings is 2. The van der Waals surface area contributed by atoms with Crippen molar-refractivity contribution in [2.24, 2.45) is 0 Å². The minimum Gasteiger partial charge on any atom is -0.382 e. The quantitative estimate of drug-likeness (QED) is 0.708. The summed E-state index contributed by atoms with van der Waals surface area (Å²) in [5, 5.41) is 3.64. The lowest BCUT2D eigenvalue weighted by Crippen LogP contribution is -2.28. The molecule has 0 amide bonds. The molecule has 0 aliphatic rings. The molecule has 0 bridgehead atoms. The lowest BCUT2D eigenvalue weighted by atomic mass is 9.79. The van der Waals surface area contributed by atoms with E-state index >= 15 is 0 Å². The summed E-state index contributed by atoms with van der Waals surface area (Å²) in [4.78, 5) is 0. The monoisotopic (exact) mass is 345 g/mol. The van der Waals surface area contributed by atoms with E-state index in [1.807, 2.05) is 0 Å². The van der Waals surface area contributed by atoms with Gasteiger partial charge in [-0.15, -0.1) is 0 Å². The standard InChI is InChI=1S/C19H24BrN/c1-14-12-17(20)10-11-18(14)21-15(2)13-19(3,4)16-8-6-5-7-9-16/h5-12,15,21H,13H2,1-4H3. The second-order valence-corrected chi connectivity index (χ2v) is 7.37. The highest BCUT2D eigenvalue weighted by Crippen LogP contribution is 2.30. The van der Waals surface area contributed by atoms with Gasteiger partial charge in [-0.25, -0.2) is 0 Å². The fraction of sp³-hybridized carbons (Fsp3) is 0.368. The van der Waals surface area contributed by atoms with E-state index in [2.05, 4.69) is 97.5 Å². The largest absolute Gasteiger partial charge is 0.382 e. The second kappa shape index (κ2) is 6.65. The zero-order valence-electron chi connectivity index (χ0n) is 13.3. The molecule has 0 aromatic heterocycles. The van der Waals surface area contributed by atoms with Crippen molar-refractivity contribution in [3.63, 3.8) is 0 Å². The van der Waals surface area contributed by atoms with E-state index in [-0.39, 0.29) is 5.41 Å². The van der Waals surface area contributed by atoms with Crippen LogP contribution >= 0.6 is 15.9 Å². The molecule has 1 unspecified atom stereocenters. The summed E-state index contributed by atoms with van der Waals surface area (Å²) in [5.74, 6) is 0.